The molecule has 0 aliphatic carbocycles. The molecule has 0 unspecified atom stereocenters. The quantitative estimate of drug-likeness (QED) is 0.805. The Morgan fingerprint density at radius 1 is 1.29 bits per heavy atom. The first-order valence-electron chi connectivity index (χ1n) is 6.63. The van der Waals surface area contributed by atoms with Gasteiger partial charge in [0.05, 0.1) is 5.01 Å². The van der Waals surface area contributed by atoms with Gasteiger partial charge in [-0.3, -0.25) is 4.79 Å². The smallest absolute Gasteiger partial charge is 0.422 e. The Balaban J connectivity index is 0.00000288. The maximum Gasteiger partial charge on any atom is 0.422 e. The second kappa shape index (κ2) is 8.86. The third-order valence-electron chi connectivity index (χ3n) is 2.66. The summed E-state index contributed by atoms with van der Waals surface area (Å²) in [5.41, 5.74) is 6.13. The number of halogens is 4. The van der Waals surface area contributed by atoms with E-state index in [9.17, 15) is 18.0 Å². The minimum Gasteiger partial charge on any atom is -0.484 e. The molecule has 10 heteroatoms. The molecule has 0 aliphatic heterocycles. The summed E-state index contributed by atoms with van der Waals surface area (Å²) >= 11 is 1.35. The van der Waals surface area contributed by atoms with E-state index in [1.54, 1.807) is 5.38 Å². The fraction of sp³-hybridized carbons (Fsp3) is 0.286. The SMILES string of the molecule is Cl.NCCc1nc(C(=O)Nc2ccc(OCC(F)(F)F)cc2)cs1. The number of nitrogens with zero attached hydrogens (tertiary/aromatic N) is 1. The molecule has 1 heterocycles. The van der Waals surface area contributed by atoms with E-state index in [1.165, 1.54) is 35.6 Å². The molecule has 3 N–H and O–H groups in total. The van der Waals surface area contributed by atoms with Gasteiger partial charge in [0.2, 0.25) is 0 Å². The van der Waals surface area contributed by atoms with E-state index in [0.29, 0.717) is 18.7 Å². The molecule has 0 saturated heterocycles. The van der Waals surface area contributed by atoms with Crippen molar-refractivity contribution >= 4 is 35.3 Å². The summed E-state index contributed by atoms with van der Waals surface area (Å²) in [5, 5.41) is 5.01. The molecule has 1 aromatic carbocycles. The Morgan fingerprint density at radius 2 is 1.96 bits per heavy atom. The number of carbonyl (C=O) groups is 1. The second-order valence-corrected chi connectivity index (χ2v) is 5.49. The molecule has 0 radical (unpaired) electrons. The van der Waals surface area contributed by atoms with Crippen molar-refractivity contribution in [3.05, 3.63) is 40.3 Å². The zero-order valence-electron chi connectivity index (χ0n) is 12.3. The third kappa shape index (κ3) is 6.34. The van der Waals surface area contributed by atoms with Gasteiger partial charge >= 0.3 is 6.18 Å². The van der Waals surface area contributed by atoms with Crippen LogP contribution in [0.4, 0.5) is 18.9 Å². The lowest BCUT2D eigenvalue weighted by molar-refractivity contribution is -0.153. The molecule has 0 atom stereocenters. The lowest BCUT2D eigenvalue weighted by atomic mass is 10.3. The Hall–Kier alpha value is -1.84. The lowest BCUT2D eigenvalue weighted by Gasteiger charge is -2.09. The molecular weight excluding hydrogens is 367 g/mol. The van der Waals surface area contributed by atoms with Crippen LogP contribution in [-0.4, -0.2) is 30.2 Å². The van der Waals surface area contributed by atoms with Crippen LogP contribution in [0.15, 0.2) is 29.6 Å². The van der Waals surface area contributed by atoms with Crippen molar-refractivity contribution in [3.8, 4) is 5.75 Å². The van der Waals surface area contributed by atoms with Crippen LogP contribution >= 0.6 is 23.7 Å². The van der Waals surface area contributed by atoms with Crippen LogP contribution in [0.1, 0.15) is 15.5 Å². The summed E-state index contributed by atoms with van der Waals surface area (Å²) in [6.45, 7) is -0.907. The Kier molecular flexibility index (Phi) is 7.46. The summed E-state index contributed by atoms with van der Waals surface area (Å²) in [5.74, 6) is -0.326. The van der Waals surface area contributed by atoms with E-state index in [4.69, 9.17) is 5.73 Å². The number of nitrogens with one attached hydrogen (secondary N) is 1. The number of ether oxygens (including phenoxy) is 1. The van der Waals surface area contributed by atoms with Gasteiger partial charge in [0.25, 0.3) is 5.91 Å². The minimum absolute atomic E-state index is 0. The molecule has 2 aromatic rings. The topological polar surface area (TPSA) is 77.2 Å². The predicted molar refractivity (Wildman–Crippen MR) is 88.1 cm³/mol. The van der Waals surface area contributed by atoms with Gasteiger partial charge < -0.3 is 15.8 Å². The van der Waals surface area contributed by atoms with Crippen LogP contribution in [0.25, 0.3) is 0 Å². The number of anilines is 1. The Morgan fingerprint density at radius 3 is 2.54 bits per heavy atom. The van der Waals surface area contributed by atoms with Gasteiger partial charge in [-0.1, -0.05) is 0 Å². The standard InChI is InChI=1S/C14H14F3N3O2S.ClH/c15-14(16,17)8-22-10-3-1-9(2-4-10)19-13(21)11-7-23-12(20-11)5-6-18;/h1-4,7H,5-6,8,18H2,(H,19,21);1H. The van der Waals surface area contributed by atoms with Crippen LogP contribution in [0.3, 0.4) is 0 Å². The molecule has 0 aliphatic rings. The number of thiazole rings is 1. The molecule has 132 valence electrons. The zero-order valence-corrected chi connectivity index (χ0v) is 13.9. The normalized spacial score (nSPS) is 10.8. The molecule has 0 saturated carbocycles. The predicted octanol–water partition coefficient (Wildman–Crippen LogP) is 3.26. The van der Waals surface area contributed by atoms with E-state index in [-0.39, 0.29) is 23.9 Å². The van der Waals surface area contributed by atoms with Crippen LogP contribution in [0.5, 0.6) is 5.75 Å². The number of nitrogens with two attached hydrogens (primary N) is 1. The van der Waals surface area contributed by atoms with E-state index >= 15 is 0 Å². The number of carbonyl (C=O) groups excluding carboxylic acids is 1. The maximum absolute atomic E-state index is 12.0. The van der Waals surface area contributed by atoms with Crippen molar-refractivity contribution in [1.29, 1.82) is 0 Å². The Labute approximate surface area is 146 Å². The zero-order chi connectivity index (χ0) is 16.9. The van der Waals surface area contributed by atoms with Crippen molar-refractivity contribution < 1.29 is 22.7 Å². The molecule has 1 amide bonds. The van der Waals surface area contributed by atoms with Crippen molar-refractivity contribution in [1.82, 2.24) is 4.98 Å². The molecule has 0 spiro atoms. The van der Waals surface area contributed by atoms with Gasteiger partial charge in [-0.2, -0.15) is 13.2 Å². The van der Waals surface area contributed by atoms with Gasteiger partial charge in [0, 0.05) is 17.5 Å². The van der Waals surface area contributed by atoms with Gasteiger partial charge in [-0.05, 0) is 30.8 Å². The fourth-order valence-electron chi connectivity index (χ4n) is 1.65. The molecule has 1 aromatic heterocycles. The van der Waals surface area contributed by atoms with Crippen LogP contribution in [0, 0.1) is 0 Å². The number of hydrogen-bond donors (Lipinski definition) is 2. The monoisotopic (exact) mass is 381 g/mol. The van der Waals surface area contributed by atoms with Gasteiger partial charge in [0.15, 0.2) is 6.61 Å². The first-order chi connectivity index (χ1) is 10.9. The highest BCUT2D eigenvalue weighted by Crippen LogP contribution is 2.20. The molecule has 5 nitrogen and oxygen atoms in total. The highest BCUT2D eigenvalue weighted by atomic mass is 35.5. The Bertz CT molecular complexity index is 662. The number of alkyl halides is 3. The van der Waals surface area contributed by atoms with Gasteiger partial charge in [-0.25, -0.2) is 4.98 Å². The van der Waals surface area contributed by atoms with E-state index in [0.717, 1.165) is 5.01 Å². The fourth-order valence-corrected chi connectivity index (χ4v) is 2.44. The average molecular weight is 382 g/mol. The first-order valence-corrected chi connectivity index (χ1v) is 7.51. The third-order valence-corrected chi connectivity index (χ3v) is 3.57. The number of benzene rings is 1. The van der Waals surface area contributed by atoms with Crippen molar-refractivity contribution in [2.75, 3.05) is 18.5 Å². The van der Waals surface area contributed by atoms with E-state index in [1.807, 2.05) is 0 Å². The van der Waals surface area contributed by atoms with E-state index in [2.05, 4.69) is 15.0 Å². The molecule has 0 fully saturated rings. The van der Waals surface area contributed by atoms with Crippen molar-refractivity contribution in [3.63, 3.8) is 0 Å². The second-order valence-electron chi connectivity index (χ2n) is 4.55. The molecule has 0 bridgehead atoms. The molecule has 24 heavy (non-hydrogen) atoms. The van der Waals surface area contributed by atoms with E-state index < -0.39 is 18.7 Å². The number of hydrogen-bond acceptors (Lipinski definition) is 5. The molecular formula is C14H15ClF3N3O2S. The van der Waals surface area contributed by atoms with Gasteiger partial charge in [0.1, 0.15) is 11.4 Å². The summed E-state index contributed by atoms with van der Waals surface area (Å²) in [4.78, 5) is 16.1. The highest BCUT2D eigenvalue weighted by molar-refractivity contribution is 7.09. The highest BCUT2D eigenvalue weighted by Gasteiger charge is 2.28. The number of amides is 1. The van der Waals surface area contributed by atoms with Crippen molar-refractivity contribution in [2.24, 2.45) is 5.73 Å². The van der Waals surface area contributed by atoms with Crippen LogP contribution in [-0.2, 0) is 6.42 Å². The summed E-state index contributed by atoms with van der Waals surface area (Å²) < 4.78 is 40.7. The lowest BCUT2D eigenvalue weighted by Crippen LogP contribution is -2.19. The van der Waals surface area contributed by atoms with Crippen molar-refractivity contribution in [2.45, 2.75) is 12.6 Å². The van der Waals surface area contributed by atoms with Gasteiger partial charge in [-0.15, -0.1) is 23.7 Å². The first kappa shape index (κ1) is 20.2. The molecule has 2 rings (SSSR count). The van der Waals surface area contributed by atoms with Crippen LogP contribution in [0.2, 0.25) is 0 Å². The number of aromatic nitrogens is 1. The number of rotatable bonds is 6. The van der Waals surface area contributed by atoms with Crippen LogP contribution < -0.4 is 15.8 Å². The summed E-state index contributed by atoms with van der Waals surface area (Å²) in [7, 11) is 0. The maximum atomic E-state index is 12.0. The largest absolute Gasteiger partial charge is 0.484 e. The minimum atomic E-state index is -4.39. The summed E-state index contributed by atoms with van der Waals surface area (Å²) in [6.07, 6.45) is -3.79. The summed E-state index contributed by atoms with van der Waals surface area (Å²) in [6, 6.07) is 5.61. The average Bonchev–Trinajstić information content (AvgIpc) is 2.95.